The molecule has 0 bridgehead atoms. The molecule has 1 heterocycles. The number of ether oxygens (including phenoxy) is 4. The molecule has 0 saturated carbocycles. The summed E-state index contributed by atoms with van der Waals surface area (Å²) in [5.74, 6) is 1.07. The Morgan fingerprint density at radius 2 is 1.54 bits per heavy atom. The van der Waals surface area contributed by atoms with Crippen LogP contribution in [0.1, 0.15) is 22.8 Å². The first kappa shape index (κ1) is 23.5. The van der Waals surface area contributed by atoms with Gasteiger partial charge in [-0.25, -0.2) is 4.79 Å². The van der Waals surface area contributed by atoms with Crippen molar-refractivity contribution < 1.29 is 28.5 Å². The second-order valence-electron chi connectivity index (χ2n) is 7.66. The van der Waals surface area contributed by atoms with Crippen LogP contribution in [0.2, 0.25) is 0 Å². The fraction of sp³-hybridized carbons (Fsp3) is 0.107. The summed E-state index contributed by atoms with van der Waals surface area (Å²) in [5.41, 5.74) is 1.66. The fourth-order valence-electron chi connectivity index (χ4n) is 3.43. The third kappa shape index (κ3) is 4.99. The summed E-state index contributed by atoms with van der Waals surface area (Å²) in [4.78, 5) is 29.7. The van der Waals surface area contributed by atoms with Gasteiger partial charge in [-0.2, -0.15) is 0 Å². The molecular weight excluding hydrogens is 446 g/mol. The molecule has 4 rings (SSSR count). The Labute approximate surface area is 202 Å². The predicted molar refractivity (Wildman–Crippen MR) is 132 cm³/mol. The summed E-state index contributed by atoms with van der Waals surface area (Å²) < 4.78 is 22.4. The van der Waals surface area contributed by atoms with Crippen molar-refractivity contribution in [3.63, 3.8) is 0 Å². The number of carbonyl (C=O) groups excluding carboxylic acids is 2. The molecule has 3 aromatic carbocycles. The van der Waals surface area contributed by atoms with Gasteiger partial charge >= 0.3 is 5.97 Å². The number of pyridine rings is 1. The molecule has 0 saturated heterocycles. The Bertz CT molecular complexity index is 1430. The number of nitrogens with zero attached hydrogens (tertiary/aromatic N) is 1. The number of rotatable bonds is 8. The van der Waals surface area contributed by atoms with Crippen molar-refractivity contribution in [2.24, 2.45) is 0 Å². The largest absolute Gasteiger partial charge is 0.493 e. The van der Waals surface area contributed by atoms with Gasteiger partial charge in [0.2, 0.25) is 0 Å². The molecule has 0 aliphatic heterocycles. The number of carbonyl (C=O) groups is 2. The van der Waals surface area contributed by atoms with Crippen molar-refractivity contribution in [1.29, 1.82) is 0 Å². The van der Waals surface area contributed by atoms with Crippen LogP contribution in [-0.4, -0.2) is 31.0 Å². The first-order valence-corrected chi connectivity index (χ1v) is 10.7. The van der Waals surface area contributed by atoms with E-state index in [1.165, 1.54) is 13.2 Å². The van der Waals surface area contributed by atoms with Gasteiger partial charge in [-0.1, -0.05) is 36.9 Å². The highest BCUT2D eigenvalue weighted by molar-refractivity contribution is 6.11. The molecule has 7 heteroatoms. The Hall–Kier alpha value is -4.65. The highest BCUT2D eigenvalue weighted by Gasteiger charge is 2.19. The van der Waals surface area contributed by atoms with Gasteiger partial charge in [0.1, 0.15) is 17.2 Å². The average Bonchev–Trinajstić information content (AvgIpc) is 2.88. The van der Waals surface area contributed by atoms with E-state index in [1.54, 1.807) is 74.8 Å². The summed E-state index contributed by atoms with van der Waals surface area (Å²) in [6.07, 6.45) is 1.59. The molecule has 0 amide bonds. The number of fused-ring (bicyclic) bond motifs is 1. The Kier molecular flexibility index (Phi) is 6.78. The van der Waals surface area contributed by atoms with E-state index in [0.29, 0.717) is 39.3 Å². The summed E-state index contributed by atoms with van der Waals surface area (Å²) in [7, 11) is 3.08. The molecule has 0 spiro atoms. The van der Waals surface area contributed by atoms with Gasteiger partial charge < -0.3 is 18.9 Å². The van der Waals surface area contributed by atoms with Crippen molar-refractivity contribution >= 4 is 22.7 Å². The van der Waals surface area contributed by atoms with Crippen molar-refractivity contribution in [2.45, 2.75) is 6.92 Å². The molecule has 0 fully saturated rings. The lowest BCUT2D eigenvalue weighted by Crippen LogP contribution is -2.09. The van der Waals surface area contributed by atoms with E-state index in [2.05, 4.69) is 11.6 Å². The van der Waals surface area contributed by atoms with Gasteiger partial charge in [0.25, 0.3) is 0 Å². The van der Waals surface area contributed by atoms with Crippen molar-refractivity contribution in [3.8, 4) is 28.7 Å². The van der Waals surface area contributed by atoms with E-state index < -0.39 is 5.97 Å². The van der Waals surface area contributed by atoms with Crippen LogP contribution in [0.4, 0.5) is 0 Å². The molecule has 0 N–H and O–H groups in total. The van der Waals surface area contributed by atoms with Gasteiger partial charge in [0.15, 0.2) is 17.3 Å². The van der Waals surface area contributed by atoms with E-state index >= 15 is 0 Å². The van der Waals surface area contributed by atoms with E-state index in [1.807, 2.05) is 6.07 Å². The van der Waals surface area contributed by atoms with Gasteiger partial charge in [-0.3, -0.25) is 9.78 Å². The van der Waals surface area contributed by atoms with E-state index in [-0.39, 0.29) is 22.9 Å². The fourth-order valence-corrected chi connectivity index (χ4v) is 3.43. The Morgan fingerprint density at radius 1 is 0.829 bits per heavy atom. The maximum atomic E-state index is 13.3. The van der Waals surface area contributed by atoms with E-state index in [4.69, 9.17) is 18.9 Å². The van der Waals surface area contributed by atoms with Crippen LogP contribution in [0.25, 0.3) is 10.9 Å². The Balaban J connectivity index is 1.82. The number of ketones is 1. The summed E-state index contributed by atoms with van der Waals surface area (Å²) in [5, 5.41) is 0.646. The molecule has 176 valence electrons. The van der Waals surface area contributed by atoms with Gasteiger partial charge in [-0.15, -0.1) is 0 Å². The number of methoxy groups -OCH3 is 2. The number of hydrogen-bond acceptors (Lipinski definition) is 7. The number of benzene rings is 3. The zero-order chi connectivity index (χ0) is 24.9. The zero-order valence-electron chi connectivity index (χ0n) is 19.5. The van der Waals surface area contributed by atoms with Crippen molar-refractivity contribution in [2.75, 3.05) is 14.2 Å². The van der Waals surface area contributed by atoms with E-state index in [9.17, 15) is 9.59 Å². The zero-order valence-corrected chi connectivity index (χ0v) is 19.5. The van der Waals surface area contributed by atoms with E-state index in [0.717, 1.165) is 0 Å². The molecule has 0 unspecified atom stereocenters. The normalized spacial score (nSPS) is 10.5. The van der Waals surface area contributed by atoms with Crippen LogP contribution in [0.3, 0.4) is 0 Å². The highest BCUT2D eigenvalue weighted by atomic mass is 16.5. The third-order valence-corrected chi connectivity index (χ3v) is 5.22. The molecule has 0 aliphatic rings. The quantitative estimate of drug-likeness (QED) is 0.140. The van der Waals surface area contributed by atoms with Crippen LogP contribution in [0.5, 0.6) is 28.7 Å². The lowest BCUT2D eigenvalue weighted by atomic mass is 10.0. The van der Waals surface area contributed by atoms with Crippen LogP contribution < -0.4 is 18.9 Å². The smallest absolute Gasteiger partial charge is 0.338 e. The van der Waals surface area contributed by atoms with Crippen LogP contribution in [0.15, 0.2) is 85.1 Å². The maximum Gasteiger partial charge on any atom is 0.338 e. The first-order chi connectivity index (χ1) is 16.9. The highest BCUT2D eigenvalue weighted by Crippen LogP contribution is 2.38. The SMILES string of the molecule is C=C(C)C(=O)Oc1ccc(C(=O)c2ccccc2)c(Oc2ccnc3cc(OC)c(OC)cc23)c1. The predicted octanol–water partition coefficient (Wildman–Crippen LogP) is 5.76. The number of aromatic nitrogens is 1. The lowest BCUT2D eigenvalue weighted by molar-refractivity contribution is -0.130. The molecule has 35 heavy (non-hydrogen) atoms. The standard InChI is InChI=1S/C28H23NO6/c1-17(2)28(31)34-19-10-11-20(27(30)18-8-6-5-7-9-18)24(14-19)35-23-12-13-29-22-16-26(33-4)25(32-3)15-21(22)23/h5-16H,1H2,2-4H3. The molecule has 0 radical (unpaired) electrons. The first-order valence-electron chi connectivity index (χ1n) is 10.7. The molecule has 0 aliphatic carbocycles. The minimum absolute atomic E-state index is 0.216. The van der Waals surface area contributed by atoms with Crippen LogP contribution in [0, 0.1) is 0 Å². The monoisotopic (exact) mass is 469 g/mol. The second kappa shape index (κ2) is 10.1. The summed E-state index contributed by atoms with van der Waals surface area (Å²) >= 11 is 0. The minimum atomic E-state index is -0.579. The molecule has 1 aromatic heterocycles. The average molecular weight is 469 g/mol. The summed E-state index contributed by atoms with van der Waals surface area (Å²) in [6.45, 7) is 5.16. The van der Waals surface area contributed by atoms with Crippen LogP contribution >= 0.6 is 0 Å². The summed E-state index contributed by atoms with van der Waals surface area (Å²) in [6, 6.07) is 18.6. The Morgan fingerprint density at radius 3 is 2.23 bits per heavy atom. The minimum Gasteiger partial charge on any atom is -0.493 e. The number of hydrogen-bond donors (Lipinski definition) is 0. The lowest BCUT2D eigenvalue weighted by Gasteiger charge is -2.15. The van der Waals surface area contributed by atoms with Crippen molar-refractivity contribution in [3.05, 3.63) is 96.2 Å². The number of esters is 1. The third-order valence-electron chi connectivity index (χ3n) is 5.22. The van der Waals surface area contributed by atoms with Crippen LogP contribution in [-0.2, 0) is 4.79 Å². The second-order valence-corrected chi connectivity index (χ2v) is 7.66. The molecular formula is C28H23NO6. The molecule has 0 atom stereocenters. The van der Waals surface area contributed by atoms with Gasteiger partial charge in [0.05, 0.1) is 25.3 Å². The topological polar surface area (TPSA) is 84.0 Å². The molecule has 4 aromatic rings. The van der Waals surface area contributed by atoms with Gasteiger partial charge in [0, 0.05) is 34.9 Å². The van der Waals surface area contributed by atoms with Gasteiger partial charge in [-0.05, 0) is 31.2 Å². The maximum absolute atomic E-state index is 13.3. The van der Waals surface area contributed by atoms with Crippen molar-refractivity contribution in [1.82, 2.24) is 4.98 Å². The molecule has 7 nitrogen and oxygen atoms in total.